The van der Waals surface area contributed by atoms with Crippen LogP contribution in [0.5, 0.6) is 17.2 Å². The molecule has 162 valence electrons. The number of fused-ring (bicyclic) bond motifs is 1. The second-order valence-corrected chi connectivity index (χ2v) is 8.01. The average molecular weight is 451 g/mol. The number of ether oxygens (including phenoxy) is 3. The maximum Gasteiger partial charge on any atom is 0.266 e. The number of aromatic nitrogens is 2. The van der Waals surface area contributed by atoms with Crippen molar-refractivity contribution in [2.45, 2.75) is 13.2 Å². The Kier molecular flexibility index (Phi) is 5.47. The summed E-state index contributed by atoms with van der Waals surface area (Å²) >= 11 is 1.34. The number of nitrogens with one attached hydrogen (secondary N) is 1. The normalized spacial score (nSPS) is 12.0. The first kappa shape index (κ1) is 20.1. The topological polar surface area (TPSA) is 74.6 Å². The fourth-order valence-corrected chi connectivity index (χ4v) is 3.97. The lowest BCUT2D eigenvalue weighted by Gasteiger charge is -2.05. The molecule has 0 saturated carbocycles. The molecule has 1 aliphatic heterocycles. The van der Waals surface area contributed by atoms with Gasteiger partial charge in [0.25, 0.3) is 5.91 Å². The smallest absolute Gasteiger partial charge is 0.266 e. The molecular formula is C23H18FN3O4S. The zero-order valence-electron chi connectivity index (χ0n) is 16.8. The summed E-state index contributed by atoms with van der Waals surface area (Å²) in [7, 11) is 0. The van der Waals surface area contributed by atoms with Gasteiger partial charge >= 0.3 is 0 Å². The van der Waals surface area contributed by atoms with E-state index in [2.05, 4.69) is 10.4 Å². The van der Waals surface area contributed by atoms with Gasteiger partial charge in [-0.3, -0.25) is 9.48 Å². The third-order valence-corrected chi connectivity index (χ3v) is 5.74. The van der Waals surface area contributed by atoms with Crippen LogP contribution in [0, 0.1) is 5.82 Å². The molecule has 1 amide bonds. The molecule has 1 aliphatic rings. The maximum absolute atomic E-state index is 13.0. The Morgan fingerprint density at radius 1 is 1.09 bits per heavy atom. The molecule has 2 aromatic heterocycles. The number of benzene rings is 2. The van der Waals surface area contributed by atoms with Gasteiger partial charge in [0.05, 0.1) is 11.4 Å². The number of thiophene rings is 1. The van der Waals surface area contributed by atoms with Crippen molar-refractivity contribution >= 4 is 23.1 Å². The summed E-state index contributed by atoms with van der Waals surface area (Å²) in [6.45, 7) is 1.03. The van der Waals surface area contributed by atoms with Gasteiger partial charge in [0.2, 0.25) is 6.79 Å². The second kappa shape index (κ2) is 8.72. The molecule has 0 radical (unpaired) electrons. The van der Waals surface area contributed by atoms with E-state index in [1.165, 1.54) is 23.5 Å². The minimum absolute atomic E-state index is 0.215. The fraction of sp³-hybridized carbons (Fsp3) is 0.130. The van der Waals surface area contributed by atoms with E-state index in [4.69, 9.17) is 14.2 Å². The van der Waals surface area contributed by atoms with E-state index >= 15 is 0 Å². The van der Waals surface area contributed by atoms with Crippen LogP contribution >= 0.6 is 11.3 Å². The first-order valence-electron chi connectivity index (χ1n) is 9.81. The highest BCUT2D eigenvalue weighted by atomic mass is 32.1. The van der Waals surface area contributed by atoms with E-state index in [-0.39, 0.29) is 18.5 Å². The third-order valence-electron chi connectivity index (χ3n) is 4.77. The number of halogens is 1. The Morgan fingerprint density at radius 3 is 2.81 bits per heavy atom. The molecule has 0 fully saturated rings. The third kappa shape index (κ3) is 4.57. The lowest BCUT2D eigenvalue weighted by Crippen LogP contribution is -2.11. The highest BCUT2D eigenvalue weighted by molar-refractivity contribution is 7.12. The Morgan fingerprint density at radius 2 is 1.94 bits per heavy atom. The number of carbonyl (C=O) groups is 1. The molecule has 0 spiro atoms. The van der Waals surface area contributed by atoms with Crippen molar-refractivity contribution in [3.8, 4) is 17.2 Å². The zero-order chi connectivity index (χ0) is 21.9. The number of amides is 1. The van der Waals surface area contributed by atoms with Crippen LogP contribution in [0.25, 0.3) is 0 Å². The van der Waals surface area contributed by atoms with E-state index in [0.29, 0.717) is 41.1 Å². The van der Waals surface area contributed by atoms with Crippen molar-refractivity contribution in [2.75, 3.05) is 12.1 Å². The molecule has 0 unspecified atom stereocenters. The summed E-state index contributed by atoms with van der Waals surface area (Å²) < 4.78 is 31.1. The summed E-state index contributed by atoms with van der Waals surface area (Å²) in [5.74, 6) is 1.95. The largest absolute Gasteiger partial charge is 0.489 e. The molecule has 3 heterocycles. The quantitative estimate of drug-likeness (QED) is 0.441. The molecule has 1 N–H and O–H groups in total. The van der Waals surface area contributed by atoms with Crippen LogP contribution in [0.1, 0.15) is 20.8 Å². The van der Waals surface area contributed by atoms with Crippen molar-refractivity contribution in [2.24, 2.45) is 0 Å². The lowest BCUT2D eigenvalue weighted by molar-refractivity contribution is 0.103. The summed E-state index contributed by atoms with van der Waals surface area (Å²) in [6.07, 6.45) is 1.76. The van der Waals surface area contributed by atoms with Crippen molar-refractivity contribution in [3.63, 3.8) is 0 Å². The summed E-state index contributed by atoms with van der Waals surface area (Å²) in [5.41, 5.74) is 1.80. The first-order chi connectivity index (χ1) is 15.6. The highest BCUT2D eigenvalue weighted by Crippen LogP contribution is 2.35. The standard InChI is InChI=1S/C23H18FN3O4S/c24-17-3-1-15(2-4-17)11-27-8-7-22(26-27)25-23(28)21-9-16(13-32-21)12-29-18-5-6-19-20(10-18)31-14-30-19/h1-10,13H,11-12,14H2,(H,25,26,28). The number of carbonyl (C=O) groups excluding carboxylic acids is 1. The van der Waals surface area contributed by atoms with Crippen LogP contribution in [-0.2, 0) is 13.2 Å². The van der Waals surface area contributed by atoms with Crippen molar-refractivity contribution in [3.05, 3.63) is 88.0 Å². The molecule has 0 saturated heterocycles. The molecule has 32 heavy (non-hydrogen) atoms. The summed E-state index contributed by atoms with van der Waals surface area (Å²) in [4.78, 5) is 13.1. The SMILES string of the molecule is O=C(Nc1ccn(Cc2ccc(F)cc2)n1)c1cc(COc2ccc3c(c2)OCO3)cs1. The van der Waals surface area contributed by atoms with Gasteiger partial charge in [-0.05, 0) is 41.3 Å². The molecule has 7 nitrogen and oxygen atoms in total. The molecule has 0 atom stereocenters. The van der Waals surface area contributed by atoms with Gasteiger partial charge in [0.15, 0.2) is 17.3 Å². The predicted molar refractivity (Wildman–Crippen MR) is 117 cm³/mol. The van der Waals surface area contributed by atoms with Crippen LogP contribution in [0.2, 0.25) is 0 Å². The van der Waals surface area contributed by atoms with E-state index in [9.17, 15) is 9.18 Å². The van der Waals surface area contributed by atoms with Crippen molar-refractivity contribution in [1.29, 1.82) is 0 Å². The highest BCUT2D eigenvalue weighted by Gasteiger charge is 2.15. The second-order valence-electron chi connectivity index (χ2n) is 7.10. The van der Waals surface area contributed by atoms with Crippen LogP contribution < -0.4 is 19.5 Å². The van der Waals surface area contributed by atoms with Crippen molar-refractivity contribution < 1.29 is 23.4 Å². The first-order valence-corrected chi connectivity index (χ1v) is 10.7. The number of nitrogens with zero attached hydrogens (tertiary/aromatic N) is 2. The summed E-state index contributed by atoms with van der Waals surface area (Å²) in [5, 5.41) is 9.03. The monoisotopic (exact) mass is 451 g/mol. The molecule has 4 aromatic rings. The Balaban J connectivity index is 1.16. The van der Waals surface area contributed by atoms with Gasteiger partial charge in [0, 0.05) is 23.9 Å². The number of hydrogen-bond acceptors (Lipinski definition) is 6. The van der Waals surface area contributed by atoms with Crippen LogP contribution in [0.4, 0.5) is 10.2 Å². The van der Waals surface area contributed by atoms with Gasteiger partial charge in [0.1, 0.15) is 18.2 Å². The Labute approximate surface area is 187 Å². The van der Waals surface area contributed by atoms with E-state index < -0.39 is 0 Å². The van der Waals surface area contributed by atoms with Crippen LogP contribution in [0.15, 0.2) is 66.2 Å². The average Bonchev–Trinajstić information content (AvgIpc) is 3.54. The number of hydrogen-bond donors (Lipinski definition) is 1. The fourth-order valence-electron chi connectivity index (χ4n) is 3.17. The number of anilines is 1. The number of rotatable bonds is 7. The maximum atomic E-state index is 13.0. The van der Waals surface area contributed by atoms with E-state index in [1.807, 2.05) is 11.4 Å². The van der Waals surface area contributed by atoms with Gasteiger partial charge in [-0.1, -0.05) is 12.1 Å². The minimum Gasteiger partial charge on any atom is -0.489 e. The van der Waals surface area contributed by atoms with Gasteiger partial charge in [-0.15, -0.1) is 11.3 Å². The summed E-state index contributed by atoms with van der Waals surface area (Å²) in [6, 6.07) is 15.1. The molecule has 5 rings (SSSR count). The van der Waals surface area contributed by atoms with Crippen molar-refractivity contribution in [1.82, 2.24) is 9.78 Å². The lowest BCUT2D eigenvalue weighted by atomic mass is 10.2. The van der Waals surface area contributed by atoms with Crippen LogP contribution in [0.3, 0.4) is 0 Å². The van der Waals surface area contributed by atoms with Crippen LogP contribution in [-0.4, -0.2) is 22.5 Å². The molecule has 2 aromatic carbocycles. The minimum atomic E-state index is -0.279. The van der Waals surface area contributed by atoms with Gasteiger partial charge in [-0.25, -0.2) is 4.39 Å². The molecule has 0 aliphatic carbocycles. The van der Waals surface area contributed by atoms with Gasteiger partial charge < -0.3 is 19.5 Å². The van der Waals surface area contributed by atoms with Gasteiger partial charge in [-0.2, -0.15) is 5.10 Å². The Bertz CT molecular complexity index is 1250. The molecule has 0 bridgehead atoms. The predicted octanol–water partition coefficient (Wildman–Crippen LogP) is 4.69. The molecular weight excluding hydrogens is 433 g/mol. The van der Waals surface area contributed by atoms with E-state index in [1.54, 1.807) is 47.3 Å². The van der Waals surface area contributed by atoms with E-state index in [0.717, 1.165) is 11.1 Å². The molecule has 9 heteroatoms. The Hall–Kier alpha value is -3.85. The zero-order valence-corrected chi connectivity index (χ0v) is 17.6.